The Morgan fingerprint density at radius 2 is 1.88 bits per heavy atom. The van der Waals surface area contributed by atoms with E-state index in [1.165, 1.54) is 11.5 Å². The van der Waals surface area contributed by atoms with E-state index < -0.39 is 0 Å². The van der Waals surface area contributed by atoms with Gasteiger partial charge in [-0.1, -0.05) is 20.8 Å². The summed E-state index contributed by atoms with van der Waals surface area (Å²) in [7, 11) is 0. The highest BCUT2D eigenvalue weighted by Crippen LogP contribution is 2.04. The van der Waals surface area contributed by atoms with Crippen LogP contribution in [0.3, 0.4) is 0 Å². The lowest BCUT2D eigenvalue weighted by Gasteiger charge is -1.98. The molecule has 8 heavy (non-hydrogen) atoms. The normalized spacial score (nSPS) is 9.00. The largest absolute Gasteiger partial charge is 0.344 e. The fourth-order valence-corrected chi connectivity index (χ4v) is 1.06. The summed E-state index contributed by atoms with van der Waals surface area (Å²) in [5.41, 5.74) is 0. The van der Waals surface area contributed by atoms with Crippen molar-refractivity contribution in [3.63, 3.8) is 0 Å². The van der Waals surface area contributed by atoms with Gasteiger partial charge in [0.1, 0.15) is 0 Å². The van der Waals surface area contributed by atoms with E-state index in [1.807, 2.05) is 11.8 Å². The van der Waals surface area contributed by atoms with E-state index in [0.29, 0.717) is 0 Å². The Morgan fingerprint density at radius 1 is 1.38 bits per heavy atom. The molecule has 0 aromatic heterocycles. The SMILES string of the molecule is CCSCC(C)C.N. The van der Waals surface area contributed by atoms with E-state index >= 15 is 0 Å². The van der Waals surface area contributed by atoms with Crippen molar-refractivity contribution in [1.29, 1.82) is 0 Å². The van der Waals surface area contributed by atoms with Crippen LogP contribution in [0.2, 0.25) is 0 Å². The molecule has 2 heteroatoms. The second-order valence-corrected chi connectivity index (χ2v) is 3.37. The van der Waals surface area contributed by atoms with Gasteiger partial charge in [-0.25, -0.2) is 0 Å². The highest BCUT2D eigenvalue weighted by molar-refractivity contribution is 7.99. The van der Waals surface area contributed by atoms with Gasteiger partial charge < -0.3 is 6.15 Å². The summed E-state index contributed by atoms with van der Waals surface area (Å²) in [6, 6.07) is 0. The topological polar surface area (TPSA) is 35.0 Å². The number of hydrogen-bond acceptors (Lipinski definition) is 2. The van der Waals surface area contributed by atoms with E-state index in [0.717, 1.165) is 5.92 Å². The van der Waals surface area contributed by atoms with E-state index in [2.05, 4.69) is 20.8 Å². The third-order valence-electron chi connectivity index (χ3n) is 0.655. The summed E-state index contributed by atoms with van der Waals surface area (Å²) in [5.74, 6) is 3.44. The second-order valence-electron chi connectivity index (χ2n) is 2.05. The van der Waals surface area contributed by atoms with Gasteiger partial charge in [-0.3, -0.25) is 0 Å². The van der Waals surface area contributed by atoms with E-state index in [4.69, 9.17) is 0 Å². The summed E-state index contributed by atoms with van der Waals surface area (Å²) in [5, 5.41) is 0. The summed E-state index contributed by atoms with van der Waals surface area (Å²) in [4.78, 5) is 0. The minimum absolute atomic E-state index is 0. The van der Waals surface area contributed by atoms with Crippen molar-refractivity contribution in [2.75, 3.05) is 11.5 Å². The van der Waals surface area contributed by atoms with Crippen molar-refractivity contribution in [3.8, 4) is 0 Å². The van der Waals surface area contributed by atoms with Gasteiger partial charge >= 0.3 is 0 Å². The number of thioether (sulfide) groups is 1. The molecule has 3 N–H and O–H groups in total. The Balaban J connectivity index is 0. The third-order valence-corrected chi connectivity index (χ3v) is 1.97. The monoisotopic (exact) mass is 135 g/mol. The van der Waals surface area contributed by atoms with Crippen molar-refractivity contribution in [3.05, 3.63) is 0 Å². The highest BCUT2D eigenvalue weighted by atomic mass is 32.2. The first kappa shape index (κ1) is 11.2. The molecule has 0 heterocycles. The minimum Gasteiger partial charge on any atom is -0.344 e. The first-order valence-electron chi connectivity index (χ1n) is 2.85. The van der Waals surface area contributed by atoms with Gasteiger partial charge in [0.25, 0.3) is 0 Å². The Kier molecular flexibility index (Phi) is 10.2. The zero-order chi connectivity index (χ0) is 5.70. The molecule has 0 saturated heterocycles. The molecule has 0 unspecified atom stereocenters. The molecule has 0 spiro atoms. The lowest BCUT2D eigenvalue weighted by molar-refractivity contribution is 0.750. The minimum atomic E-state index is 0. The molecule has 0 aliphatic heterocycles. The lowest BCUT2D eigenvalue weighted by Crippen LogP contribution is -1.89. The zero-order valence-electron chi connectivity index (χ0n) is 6.11. The van der Waals surface area contributed by atoms with E-state index in [1.54, 1.807) is 0 Å². The number of rotatable bonds is 3. The molecular formula is C6H17NS. The van der Waals surface area contributed by atoms with Crippen molar-refractivity contribution in [1.82, 2.24) is 6.15 Å². The van der Waals surface area contributed by atoms with Crippen LogP contribution in [-0.2, 0) is 0 Å². The summed E-state index contributed by atoms with van der Waals surface area (Å²) in [6.07, 6.45) is 0. The maximum Gasteiger partial charge on any atom is -0.00445 e. The van der Waals surface area contributed by atoms with Crippen molar-refractivity contribution in [2.45, 2.75) is 20.8 Å². The Hall–Kier alpha value is 0.310. The predicted octanol–water partition coefficient (Wildman–Crippen LogP) is 2.56. The van der Waals surface area contributed by atoms with Crippen LogP contribution in [-0.4, -0.2) is 11.5 Å². The van der Waals surface area contributed by atoms with Crippen LogP contribution < -0.4 is 6.15 Å². The molecule has 0 radical (unpaired) electrons. The molecule has 0 aromatic carbocycles. The van der Waals surface area contributed by atoms with Crippen LogP contribution in [0.1, 0.15) is 20.8 Å². The molecule has 0 bridgehead atoms. The van der Waals surface area contributed by atoms with Crippen LogP contribution in [0.4, 0.5) is 0 Å². The predicted molar refractivity (Wildman–Crippen MR) is 42.9 cm³/mol. The van der Waals surface area contributed by atoms with Gasteiger partial charge in [-0.05, 0) is 17.4 Å². The average Bonchev–Trinajstić information content (AvgIpc) is 1.61. The molecule has 0 rings (SSSR count). The molecule has 0 aromatic rings. The molecule has 0 aliphatic carbocycles. The Bertz CT molecular complexity index is 37.5. The third kappa shape index (κ3) is 9.58. The number of hydrogen-bond donors (Lipinski definition) is 1. The van der Waals surface area contributed by atoms with Crippen LogP contribution in [0.5, 0.6) is 0 Å². The van der Waals surface area contributed by atoms with Gasteiger partial charge in [-0.2, -0.15) is 11.8 Å². The first-order chi connectivity index (χ1) is 3.27. The molecule has 1 nitrogen and oxygen atoms in total. The lowest BCUT2D eigenvalue weighted by atomic mass is 10.3. The van der Waals surface area contributed by atoms with Gasteiger partial charge in [0, 0.05) is 0 Å². The van der Waals surface area contributed by atoms with E-state index in [-0.39, 0.29) is 6.15 Å². The van der Waals surface area contributed by atoms with Crippen molar-refractivity contribution < 1.29 is 0 Å². The standard InChI is InChI=1S/C6H14S.H3N/c1-4-7-5-6(2)3;/h6H,4-5H2,1-3H3;1H3. The summed E-state index contributed by atoms with van der Waals surface area (Å²) >= 11 is 2.02. The fraction of sp³-hybridized carbons (Fsp3) is 1.00. The van der Waals surface area contributed by atoms with E-state index in [9.17, 15) is 0 Å². The zero-order valence-corrected chi connectivity index (χ0v) is 6.92. The molecule has 0 atom stereocenters. The van der Waals surface area contributed by atoms with Gasteiger partial charge in [0.15, 0.2) is 0 Å². The Morgan fingerprint density at radius 3 is 2.00 bits per heavy atom. The van der Waals surface area contributed by atoms with Gasteiger partial charge in [0.2, 0.25) is 0 Å². The molecule has 0 saturated carbocycles. The van der Waals surface area contributed by atoms with Crippen molar-refractivity contribution in [2.24, 2.45) is 5.92 Å². The molecule has 52 valence electrons. The first-order valence-corrected chi connectivity index (χ1v) is 4.00. The van der Waals surface area contributed by atoms with Crippen LogP contribution in [0.15, 0.2) is 0 Å². The van der Waals surface area contributed by atoms with Crippen LogP contribution >= 0.6 is 11.8 Å². The molecule has 0 fully saturated rings. The van der Waals surface area contributed by atoms with Crippen LogP contribution in [0.25, 0.3) is 0 Å². The highest BCUT2D eigenvalue weighted by Gasteiger charge is 1.88. The van der Waals surface area contributed by atoms with Gasteiger partial charge in [0.05, 0.1) is 0 Å². The molecular weight excluding hydrogens is 118 g/mol. The summed E-state index contributed by atoms with van der Waals surface area (Å²) in [6.45, 7) is 6.71. The van der Waals surface area contributed by atoms with Crippen LogP contribution in [0, 0.1) is 5.92 Å². The summed E-state index contributed by atoms with van der Waals surface area (Å²) < 4.78 is 0. The fourth-order valence-electron chi connectivity index (χ4n) is 0.354. The maximum absolute atomic E-state index is 2.25. The second kappa shape index (κ2) is 7.31. The smallest absolute Gasteiger partial charge is 0.00445 e. The Labute approximate surface area is 56.8 Å². The average molecular weight is 135 g/mol. The quantitative estimate of drug-likeness (QED) is 0.645. The molecule has 0 aliphatic rings. The maximum atomic E-state index is 2.25. The molecule has 0 amide bonds. The van der Waals surface area contributed by atoms with Crippen molar-refractivity contribution >= 4 is 11.8 Å². The van der Waals surface area contributed by atoms with Gasteiger partial charge in [-0.15, -0.1) is 0 Å².